The predicted molar refractivity (Wildman–Crippen MR) is 75.7 cm³/mol. The van der Waals surface area contributed by atoms with Crippen LogP contribution in [0.25, 0.3) is 0 Å². The van der Waals surface area contributed by atoms with Gasteiger partial charge < -0.3 is 4.74 Å². The molecule has 1 aromatic heterocycles. The molecule has 0 amide bonds. The normalized spacial score (nSPS) is 10.9. The first kappa shape index (κ1) is 15.3. The number of Topliss-reactive ketones (excluding diaryl/α,β-unsaturated/α-hetero) is 1. The van der Waals surface area contributed by atoms with Gasteiger partial charge in [0.2, 0.25) is 5.88 Å². The third-order valence-corrected chi connectivity index (χ3v) is 2.71. The minimum atomic E-state index is 0.0190. The molecule has 0 N–H and O–H groups in total. The number of ketones is 1. The lowest BCUT2D eigenvalue weighted by Gasteiger charge is -2.09. The van der Waals surface area contributed by atoms with Crippen molar-refractivity contribution in [2.24, 2.45) is 0 Å². The Morgan fingerprint density at radius 1 is 1.16 bits per heavy atom. The summed E-state index contributed by atoms with van der Waals surface area (Å²) in [6, 6.07) is 0. The molecule has 0 aliphatic carbocycles. The molecular weight excluding hydrogens is 240 g/mol. The molecule has 0 radical (unpaired) electrons. The summed E-state index contributed by atoms with van der Waals surface area (Å²) in [7, 11) is 0. The quantitative estimate of drug-likeness (QED) is 0.429. The average molecular weight is 262 g/mol. The third-order valence-electron chi connectivity index (χ3n) is 2.71. The number of hydrogen-bond donors (Lipinski definition) is 0. The van der Waals surface area contributed by atoms with E-state index in [1.807, 2.05) is 13.8 Å². The van der Waals surface area contributed by atoms with Gasteiger partial charge in [-0.25, -0.2) is 9.97 Å². The Hall–Kier alpha value is -1.71. The summed E-state index contributed by atoms with van der Waals surface area (Å²) < 4.78 is 5.60. The number of aryl methyl sites for hydroxylation is 2. The van der Waals surface area contributed by atoms with E-state index in [1.165, 1.54) is 0 Å². The van der Waals surface area contributed by atoms with Crippen molar-refractivity contribution in [3.63, 3.8) is 0 Å². The highest BCUT2D eigenvalue weighted by Gasteiger charge is 2.14. The summed E-state index contributed by atoms with van der Waals surface area (Å²) in [5.41, 5.74) is 1.76. The molecule has 104 valence electrons. The highest BCUT2D eigenvalue weighted by molar-refractivity contribution is 5.95. The Morgan fingerprint density at radius 2 is 1.89 bits per heavy atom. The van der Waals surface area contributed by atoms with E-state index in [2.05, 4.69) is 29.0 Å². The van der Waals surface area contributed by atoms with Gasteiger partial charge in [-0.15, -0.1) is 0 Å². The maximum atomic E-state index is 11.7. The van der Waals surface area contributed by atoms with Gasteiger partial charge in [-0.2, -0.15) is 0 Å². The molecule has 0 spiro atoms. The second kappa shape index (κ2) is 7.67. The van der Waals surface area contributed by atoms with Gasteiger partial charge in [-0.3, -0.25) is 4.79 Å². The molecule has 0 atom stereocenters. The molecule has 19 heavy (non-hydrogen) atoms. The Labute approximate surface area is 114 Å². The summed E-state index contributed by atoms with van der Waals surface area (Å²) in [6.45, 7) is 8.10. The summed E-state index contributed by atoms with van der Waals surface area (Å²) in [5.74, 6) is 0.542. The fourth-order valence-corrected chi connectivity index (χ4v) is 1.66. The van der Waals surface area contributed by atoms with Gasteiger partial charge in [0.25, 0.3) is 0 Å². The SMILES string of the molecule is CC/C=C\CCOc1nc(C)c(C(=O)CC)nc1C. The van der Waals surface area contributed by atoms with E-state index in [4.69, 9.17) is 4.74 Å². The molecule has 4 nitrogen and oxygen atoms in total. The van der Waals surface area contributed by atoms with Crippen molar-refractivity contribution in [2.75, 3.05) is 6.61 Å². The number of allylic oxidation sites excluding steroid dienone is 1. The molecule has 0 saturated heterocycles. The van der Waals surface area contributed by atoms with Crippen LogP contribution in [0.1, 0.15) is 55.0 Å². The van der Waals surface area contributed by atoms with Crippen molar-refractivity contribution in [3.05, 3.63) is 29.2 Å². The van der Waals surface area contributed by atoms with Gasteiger partial charge >= 0.3 is 0 Å². The maximum absolute atomic E-state index is 11.7. The maximum Gasteiger partial charge on any atom is 0.235 e. The largest absolute Gasteiger partial charge is 0.476 e. The van der Waals surface area contributed by atoms with Crippen LogP contribution in [0.4, 0.5) is 0 Å². The monoisotopic (exact) mass is 262 g/mol. The molecule has 0 bridgehead atoms. The Kier molecular flexibility index (Phi) is 6.19. The first-order chi connectivity index (χ1) is 9.10. The summed E-state index contributed by atoms with van der Waals surface area (Å²) in [5, 5.41) is 0. The molecule has 0 unspecified atom stereocenters. The molecule has 0 fully saturated rings. The minimum Gasteiger partial charge on any atom is -0.476 e. The van der Waals surface area contributed by atoms with Gasteiger partial charge in [0.05, 0.1) is 12.3 Å². The van der Waals surface area contributed by atoms with Crippen LogP contribution in [0.5, 0.6) is 5.88 Å². The van der Waals surface area contributed by atoms with Crippen molar-refractivity contribution in [3.8, 4) is 5.88 Å². The molecule has 0 aromatic carbocycles. The molecule has 4 heteroatoms. The summed E-state index contributed by atoms with van der Waals surface area (Å²) >= 11 is 0. The van der Waals surface area contributed by atoms with Crippen molar-refractivity contribution < 1.29 is 9.53 Å². The molecular formula is C15H22N2O2. The minimum absolute atomic E-state index is 0.0190. The number of rotatable bonds is 7. The van der Waals surface area contributed by atoms with E-state index in [0.717, 1.165) is 12.8 Å². The van der Waals surface area contributed by atoms with Crippen LogP contribution in [0.2, 0.25) is 0 Å². The van der Waals surface area contributed by atoms with E-state index in [-0.39, 0.29) is 5.78 Å². The first-order valence-electron chi connectivity index (χ1n) is 6.76. The molecule has 0 saturated carbocycles. The van der Waals surface area contributed by atoms with Crippen LogP contribution in [-0.2, 0) is 0 Å². The zero-order chi connectivity index (χ0) is 14.3. The van der Waals surface area contributed by atoms with Gasteiger partial charge in [-0.1, -0.05) is 26.0 Å². The Morgan fingerprint density at radius 3 is 2.53 bits per heavy atom. The first-order valence-corrected chi connectivity index (χ1v) is 6.76. The smallest absolute Gasteiger partial charge is 0.235 e. The Balaban J connectivity index is 2.73. The van der Waals surface area contributed by atoms with Crippen molar-refractivity contribution in [2.45, 2.75) is 47.0 Å². The number of carbonyl (C=O) groups excluding carboxylic acids is 1. The Bertz CT molecular complexity index is 467. The number of carbonyl (C=O) groups is 1. The number of nitrogens with zero attached hydrogens (tertiary/aromatic N) is 2. The van der Waals surface area contributed by atoms with Gasteiger partial charge in [0.1, 0.15) is 11.4 Å². The lowest BCUT2D eigenvalue weighted by atomic mass is 10.2. The van der Waals surface area contributed by atoms with Crippen molar-refractivity contribution in [1.82, 2.24) is 9.97 Å². The van der Waals surface area contributed by atoms with E-state index in [1.54, 1.807) is 6.92 Å². The van der Waals surface area contributed by atoms with Gasteiger partial charge in [-0.05, 0) is 26.7 Å². The van der Waals surface area contributed by atoms with E-state index in [0.29, 0.717) is 36.0 Å². The van der Waals surface area contributed by atoms with Crippen LogP contribution in [0, 0.1) is 13.8 Å². The van der Waals surface area contributed by atoms with Crippen LogP contribution < -0.4 is 4.74 Å². The zero-order valence-corrected chi connectivity index (χ0v) is 12.2. The van der Waals surface area contributed by atoms with E-state index < -0.39 is 0 Å². The van der Waals surface area contributed by atoms with Crippen LogP contribution >= 0.6 is 0 Å². The van der Waals surface area contributed by atoms with Crippen LogP contribution in [-0.4, -0.2) is 22.4 Å². The predicted octanol–water partition coefficient (Wildman–Crippen LogP) is 3.42. The fraction of sp³-hybridized carbons (Fsp3) is 0.533. The van der Waals surface area contributed by atoms with Crippen LogP contribution in [0.3, 0.4) is 0 Å². The van der Waals surface area contributed by atoms with E-state index >= 15 is 0 Å². The summed E-state index contributed by atoms with van der Waals surface area (Å²) in [6.07, 6.45) is 6.52. The second-order valence-corrected chi connectivity index (χ2v) is 4.34. The number of ether oxygens (including phenoxy) is 1. The zero-order valence-electron chi connectivity index (χ0n) is 12.2. The number of aromatic nitrogens is 2. The van der Waals surface area contributed by atoms with Gasteiger partial charge in [0, 0.05) is 6.42 Å². The lowest BCUT2D eigenvalue weighted by Crippen LogP contribution is -2.10. The van der Waals surface area contributed by atoms with Crippen LogP contribution in [0.15, 0.2) is 12.2 Å². The summed E-state index contributed by atoms with van der Waals surface area (Å²) in [4.78, 5) is 20.3. The second-order valence-electron chi connectivity index (χ2n) is 4.34. The van der Waals surface area contributed by atoms with Crippen molar-refractivity contribution in [1.29, 1.82) is 0 Å². The average Bonchev–Trinajstić information content (AvgIpc) is 2.41. The molecule has 0 aliphatic heterocycles. The van der Waals surface area contributed by atoms with Gasteiger partial charge in [0.15, 0.2) is 5.78 Å². The number of hydrogen-bond acceptors (Lipinski definition) is 4. The van der Waals surface area contributed by atoms with E-state index in [9.17, 15) is 4.79 Å². The molecule has 1 rings (SSSR count). The lowest BCUT2D eigenvalue weighted by molar-refractivity contribution is 0.0982. The molecule has 1 heterocycles. The third kappa shape index (κ3) is 4.47. The standard InChI is InChI=1S/C15H22N2O2/c1-5-7-8-9-10-19-15-12(4)16-14(11(3)17-15)13(18)6-2/h7-8H,5-6,9-10H2,1-4H3/b8-7-. The highest BCUT2D eigenvalue weighted by Crippen LogP contribution is 2.16. The fourth-order valence-electron chi connectivity index (χ4n) is 1.66. The molecule has 1 aromatic rings. The molecule has 0 aliphatic rings. The van der Waals surface area contributed by atoms with Crippen molar-refractivity contribution >= 4 is 5.78 Å². The topological polar surface area (TPSA) is 52.1 Å². The highest BCUT2D eigenvalue weighted by atomic mass is 16.5.